The van der Waals surface area contributed by atoms with Gasteiger partial charge < -0.3 is 14.4 Å². The van der Waals surface area contributed by atoms with E-state index in [-0.39, 0.29) is 12.5 Å². The van der Waals surface area contributed by atoms with Crippen LogP contribution in [0.2, 0.25) is 0 Å². The molecule has 1 fully saturated rings. The Bertz CT molecular complexity index is 1410. The Kier molecular flexibility index (Phi) is 6.36. The molecule has 178 valence electrons. The van der Waals surface area contributed by atoms with Crippen molar-refractivity contribution in [3.63, 3.8) is 0 Å². The molecule has 0 unspecified atom stereocenters. The van der Waals surface area contributed by atoms with Crippen LogP contribution in [0, 0.1) is 5.92 Å². The first kappa shape index (κ1) is 22.8. The zero-order chi connectivity index (χ0) is 24.4. The second-order valence-corrected chi connectivity index (χ2v) is 9.14. The Morgan fingerprint density at radius 1 is 0.971 bits per heavy atom. The summed E-state index contributed by atoms with van der Waals surface area (Å²) in [6, 6.07) is 21.2. The SMILES string of the molecule is COc1ccc2cc(-c3cc(C(=O)OCC(=O)N4CCC(C)CC4)c4ccccc4n3)ccc2c1. The van der Waals surface area contributed by atoms with Crippen LogP contribution in [-0.2, 0) is 9.53 Å². The molecule has 1 aliphatic heterocycles. The lowest BCUT2D eigenvalue weighted by molar-refractivity contribution is -0.135. The van der Waals surface area contributed by atoms with E-state index >= 15 is 0 Å². The third kappa shape index (κ3) is 4.83. The molecule has 0 atom stereocenters. The summed E-state index contributed by atoms with van der Waals surface area (Å²) in [6.07, 6.45) is 1.97. The zero-order valence-corrected chi connectivity index (χ0v) is 20.0. The van der Waals surface area contributed by atoms with Crippen molar-refractivity contribution in [3.8, 4) is 17.0 Å². The van der Waals surface area contributed by atoms with Crippen LogP contribution < -0.4 is 4.74 Å². The van der Waals surface area contributed by atoms with Crippen molar-refractivity contribution in [1.82, 2.24) is 9.88 Å². The summed E-state index contributed by atoms with van der Waals surface area (Å²) in [5.74, 6) is 0.760. The van der Waals surface area contributed by atoms with Gasteiger partial charge in [-0.3, -0.25) is 4.79 Å². The fourth-order valence-corrected chi connectivity index (χ4v) is 4.56. The van der Waals surface area contributed by atoms with Crippen molar-refractivity contribution in [2.24, 2.45) is 5.92 Å². The van der Waals surface area contributed by atoms with E-state index in [0.29, 0.717) is 41.2 Å². The molecule has 1 amide bonds. The first-order valence-corrected chi connectivity index (χ1v) is 11.9. The number of methoxy groups -OCH3 is 1. The molecule has 1 aliphatic rings. The number of pyridine rings is 1. The van der Waals surface area contributed by atoms with Crippen LogP contribution in [-0.4, -0.2) is 48.6 Å². The lowest BCUT2D eigenvalue weighted by Gasteiger charge is -2.30. The summed E-state index contributed by atoms with van der Waals surface area (Å²) in [5.41, 5.74) is 2.66. The molecule has 0 radical (unpaired) electrons. The number of aromatic nitrogens is 1. The number of piperidine rings is 1. The lowest BCUT2D eigenvalue weighted by atomic mass is 9.99. The van der Waals surface area contributed by atoms with E-state index in [2.05, 4.69) is 6.92 Å². The van der Waals surface area contributed by atoms with Gasteiger partial charge in [-0.1, -0.05) is 43.3 Å². The van der Waals surface area contributed by atoms with Crippen molar-refractivity contribution < 1.29 is 19.1 Å². The number of carbonyl (C=O) groups excluding carboxylic acids is 2. The largest absolute Gasteiger partial charge is 0.497 e. The van der Waals surface area contributed by atoms with Gasteiger partial charge in [0.2, 0.25) is 0 Å². The Morgan fingerprint density at radius 3 is 2.51 bits per heavy atom. The van der Waals surface area contributed by atoms with Gasteiger partial charge in [-0.2, -0.15) is 0 Å². The normalized spacial score (nSPS) is 14.3. The molecule has 35 heavy (non-hydrogen) atoms. The molecule has 5 rings (SSSR count). The van der Waals surface area contributed by atoms with Crippen molar-refractivity contribution >= 4 is 33.6 Å². The predicted molar refractivity (Wildman–Crippen MR) is 136 cm³/mol. The highest BCUT2D eigenvalue weighted by Gasteiger charge is 2.22. The quantitative estimate of drug-likeness (QED) is 0.363. The van der Waals surface area contributed by atoms with E-state index in [9.17, 15) is 9.59 Å². The number of hydrogen-bond acceptors (Lipinski definition) is 5. The summed E-state index contributed by atoms with van der Waals surface area (Å²) >= 11 is 0. The van der Waals surface area contributed by atoms with E-state index in [0.717, 1.165) is 34.9 Å². The number of esters is 1. The number of carbonyl (C=O) groups is 2. The number of amides is 1. The Balaban J connectivity index is 1.43. The number of para-hydroxylation sites is 1. The fourth-order valence-electron chi connectivity index (χ4n) is 4.56. The van der Waals surface area contributed by atoms with Gasteiger partial charge in [0, 0.05) is 24.0 Å². The van der Waals surface area contributed by atoms with Gasteiger partial charge in [0.1, 0.15) is 5.75 Å². The van der Waals surface area contributed by atoms with Gasteiger partial charge in [-0.25, -0.2) is 9.78 Å². The topological polar surface area (TPSA) is 68.7 Å². The van der Waals surface area contributed by atoms with Crippen LogP contribution in [0.5, 0.6) is 5.75 Å². The van der Waals surface area contributed by atoms with Gasteiger partial charge >= 0.3 is 5.97 Å². The Morgan fingerprint density at radius 2 is 1.71 bits per heavy atom. The smallest absolute Gasteiger partial charge is 0.339 e. The minimum Gasteiger partial charge on any atom is -0.497 e. The number of rotatable bonds is 5. The summed E-state index contributed by atoms with van der Waals surface area (Å²) in [5, 5.41) is 2.80. The lowest BCUT2D eigenvalue weighted by Crippen LogP contribution is -2.40. The minimum absolute atomic E-state index is 0.145. The van der Waals surface area contributed by atoms with E-state index in [1.54, 1.807) is 18.1 Å². The summed E-state index contributed by atoms with van der Waals surface area (Å²) in [7, 11) is 1.65. The van der Waals surface area contributed by atoms with Gasteiger partial charge in [-0.05, 0) is 59.9 Å². The molecule has 2 heterocycles. The third-order valence-corrected chi connectivity index (χ3v) is 6.74. The maximum atomic E-state index is 13.1. The van der Waals surface area contributed by atoms with Crippen molar-refractivity contribution in [2.45, 2.75) is 19.8 Å². The number of benzene rings is 3. The average molecular weight is 469 g/mol. The predicted octanol–water partition coefficient (Wildman–Crippen LogP) is 5.48. The summed E-state index contributed by atoms with van der Waals surface area (Å²) < 4.78 is 10.8. The van der Waals surface area contributed by atoms with Crippen LogP contribution >= 0.6 is 0 Å². The van der Waals surface area contributed by atoms with Crippen LogP contribution in [0.15, 0.2) is 66.7 Å². The molecule has 1 aromatic heterocycles. The first-order chi connectivity index (χ1) is 17.0. The van der Waals surface area contributed by atoms with E-state index < -0.39 is 5.97 Å². The zero-order valence-electron chi connectivity index (χ0n) is 20.0. The third-order valence-electron chi connectivity index (χ3n) is 6.74. The molecule has 6 heteroatoms. The molecule has 3 aromatic carbocycles. The number of nitrogens with zero attached hydrogens (tertiary/aromatic N) is 2. The molecule has 0 aliphatic carbocycles. The van der Waals surface area contributed by atoms with Crippen LogP contribution in [0.25, 0.3) is 32.9 Å². The highest BCUT2D eigenvalue weighted by molar-refractivity contribution is 6.05. The van der Waals surface area contributed by atoms with Gasteiger partial charge in [0.15, 0.2) is 6.61 Å². The first-order valence-electron chi connectivity index (χ1n) is 11.9. The maximum Gasteiger partial charge on any atom is 0.339 e. The minimum atomic E-state index is -0.519. The highest BCUT2D eigenvalue weighted by Crippen LogP contribution is 2.29. The molecule has 0 spiro atoms. The van der Waals surface area contributed by atoms with Crippen LogP contribution in [0.1, 0.15) is 30.1 Å². The molecule has 0 N–H and O–H groups in total. The highest BCUT2D eigenvalue weighted by atomic mass is 16.5. The van der Waals surface area contributed by atoms with Crippen LogP contribution in [0.3, 0.4) is 0 Å². The number of ether oxygens (including phenoxy) is 2. The molecular formula is C29H28N2O4. The summed E-state index contributed by atoms with van der Waals surface area (Å²) in [6.45, 7) is 3.37. The molecular weight excluding hydrogens is 440 g/mol. The number of fused-ring (bicyclic) bond motifs is 2. The van der Waals surface area contributed by atoms with E-state index in [1.165, 1.54) is 0 Å². The monoisotopic (exact) mass is 468 g/mol. The van der Waals surface area contributed by atoms with Crippen LogP contribution in [0.4, 0.5) is 0 Å². The molecule has 6 nitrogen and oxygen atoms in total. The van der Waals surface area contributed by atoms with Gasteiger partial charge in [0.25, 0.3) is 5.91 Å². The summed E-state index contributed by atoms with van der Waals surface area (Å²) in [4.78, 5) is 32.3. The van der Waals surface area contributed by atoms with Crippen molar-refractivity contribution in [3.05, 3.63) is 72.3 Å². The second-order valence-electron chi connectivity index (χ2n) is 9.14. The van der Waals surface area contributed by atoms with Crippen molar-refractivity contribution in [1.29, 1.82) is 0 Å². The standard InChI is InChI=1S/C29H28N2O4/c1-19-11-13-31(14-12-19)28(32)18-35-29(33)25-17-27(30-26-6-4-3-5-24(25)26)22-8-7-21-16-23(34-2)10-9-20(21)15-22/h3-10,15-17,19H,11-14,18H2,1-2H3. The second kappa shape index (κ2) is 9.74. The molecule has 0 saturated carbocycles. The fraction of sp³-hybridized carbons (Fsp3) is 0.276. The van der Waals surface area contributed by atoms with E-state index in [4.69, 9.17) is 14.5 Å². The van der Waals surface area contributed by atoms with Gasteiger partial charge in [-0.15, -0.1) is 0 Å². The molecule has 1 saturated heterocycles. The average Bonchev–Trinajstić information content (AvgIpc) is 2.90. The Labute approximate surface area is 204 Å². The van der Waals surface area contributed by atoms with Crippen molar-refractivity contribution in [2.75, 3.05) is 26.8 Å². The van der Waals surface area contributed by atoms with E-state index in [1.807, 2.05) is 60.7 Å². The maximum absolute atomic E-state index is 13.1. The Hall–Kier alpha value is -3.93. The number of hydrogen-bond donors (Lipinski definition) is 0. The number of likely N-dealkylation sites (tertiary alicyclic amines) is 1. The molecule has 0 bridgehead atoms. The van der Waals surface area contributed by atoms with Gasteiger partial charge in [0.05, 0.1) is 23.9 Å². The molecule has 4 aromatic rings.